The monoisotopic (exact) mass is 412 g/mol. The molecule has 0 radical (unpaired) electrons. The number of carbonyl (C=O) groups is 1. The van der Waals surface area contributed by atoms with E-state index in [9.17, 15) is 4.79 Å². The van der Waals surface area contributed by atoms with Crippen LogP contribution in [0, 0.1) is 6.92 Å². The Morgan fingerprint density at radius 2 is 2.04 bits per heavy atom. The van der Waals surface area contributed by atoms with Gasteiger partial charge in [0, 0.05) is 55.7 Å². The van der Waals surface area contributed by atoms with Crippen LogP contribution >= 0.6 is 23.1 Å². The van der Waals surface area contributed by atoms with Crippen molar-refractivity contribution in [2.75, 3.05) is 31.9 Å². The molecule has 1 fully saturated rings. The van der Waals surface area contributed by atoms with E-state index in [0.717, 1.165) is 43.6 Å². The van der Waals surface area contributed by atoms with Crippen LogP contribution in [0.3, 0.4) is 0 Å². The molecule has 0 aliphatic carbocycles. The average molecular weight is 413 g/mol. The van der Waals surface area contributed by atoms with Crippen molar-refractivity contribution in [1.82, 2.24) is 19.4 Å². The van der Waals surface area contributed by atoms with E-state index in [1.165, 1.54) is 22.2 Å². The van der Waals surface area contributed by atoms with Crippen LogP contribution in [-0.2, 0) is 11.3 Å². The number of rotatable bonds is 6. The highest BCUT2D eigenvalue weighted by Crippen LogP contribution is 2.22. The number of aryl methyl sites for hydroxylation is 1. The molecule has 3 aromatic rings. The van der Waals surface area contributed by atoms with Crippen molar-refractivity contribution in [1.29, 1.82) is 0 Å². The second-order valence-electron chi connectivity index (χ2n) is 6.94. The van der Waals surface area contributed by atoms with Gasteiger partial charge in [0.05, 0.1) is 5.75 Å². The summed E-state index contributed by atoms with van der Waals surface area (Å²) in [5.74, 6) is 0.618. The van der Waals surface area contributed by atoms with E-state index in [1.807, 2.05) is 21.7 Å². The van der Waals surface area contributed by atoms with Crippen LogP contribution in [0.4, 0.5) is 0 Å². The lowest BCUT2D eigenvalue weighted by molar-refractivity contribution is -0.130. The quantitative estimate of drug-likeness (QED) is 0.579. The maximum absolute atomic E-state index is 12.7. The molecular weight excluding hydrogens is 388 g/mol. The summed E-state index contributed by atoms with van der Waals surface area (Å²) in [4.78, 5) is 22.9. The molecule has 0 spiro atoms. The highest BCUT2D eigenvalue weighted by Gasteiger charge is 2.22. The van der Waals surface area contributed by atoms with Gasteiger partial charge in [0.1, 0.15) is 0 Å². The maximum Gasteiger partial charge on any atom is 0.233 e. The fourth-order valence-electron chi connectivity index (χ4n) is 3.37. The summed E-state index contributed by atoms with van der Waals surface area (Å²) < 4.78 is 2.05. The number of hydrogen-bond donors (Lipinski definition) is 0. The summed E-state index contributed by atoms with van der Waals surface area (Å²) >= 11 is 3.31. The minimum atomic E-state index is 0.194. The van der Waals surface area contributed by atoms with Gasteiger partial charge < -0.3 is 4.90 Å². The van der Waals surface area contributed by atoms with Crippen molar-refractivity contribution in [2.45, 2.75) is 18.6 Å². The van der Waals surface area contributed by atoms with E-state index >= 15 is 0 Å². The first kappa shape index (κ1) is 19.2. The van der Waals surface area contributed by atoms with Gasteiger partial charge in [0.25, 0.3) is 0 Å². The van der Waals surface area contributed by atoms with Crippen molar-refractivity contribution in [3.8, 4) is 5.69 Å². The predicted molar refractivity (Wildman–Crippen MR) is 115 cm³/mol. The fourth-order valence-corrected chi connectivity index (χ4v) is 4.99. The zero-order valence-corrected chi connectivity index (χ0v) is 17.6. The Hall–Kier alpha value is -2.09. The lowest BCUT2D eigenvalue weighted by Crippen LogP contribution is -2.48. The Labute approximate surface area is 174 Å². The third-order valence-corrected chi connectivity index (χ3v) is 6.71. The molecule has 7 heteroatoms. The summed E-state index contributed by atoms with van der Waals surface area (Å²) in [7, 11) is 0. The molecule has 28 heavy (non-hydrogen) atoms. The van der Waals surface area contributed by atoms with Crippen molar-refractivity contribution < 1.29 is 4.79 Å². The molecule has 2 aromatic heterocycles. The summed E-state index contributed by atoms with van der Waals surface area (Å²) in [6, 6.07) is 12.6. The Morgan fingerprint density at radius 3 is 2.79 bits per heavy atom. The molecule has 146 valence electrons. The lowest BCUT2D eigenvalue weighted by Gasteiger charge is -2.34. The summed E-state index contributed by atoms with van der Waals surface area (Å²) in [5, 5.41) is 2.97. The summed E-state index contributed by atoms with van der Waals surface area (Å²) in [6.45, 7) is 6.55. The largest absolute Gasteiger partial charge is 0.339 e. The highest BCUT2D eigenvalue weighted by atomic mass is 32.2. The van der Waals surface area contributed by atoms with E-state index in [-0.39, 0.29) is 5.91 Å². The molecule has 1 saturated heterocycles. The fraction of sp³-hybridized carbons (Fsp3) is 0.333. The molecule has 5 nitrogen and oxygen atoms in total. The number of carbonyl (C=O) groups excluding carboxylic acids is 1. The van der Waals surface area contributed by atoms with Crippen LogP contribution in [-0.4, -0.2) is 57.2 Å². The SMILES string of the molecule is Cc1cccc(-n2ccnc2SCC(=O)N2CCN(Cc3cccs3)CC2)c1. The van der Waals surface area contributed by atoms with Crippen molar-refractivity contribution in [3.63, 3.8) is 0 Å². The van der Waals surface area contributed by atoms with Gasteiger partial charge in [-0.15, -0.1) is 11.3 Å². The molecule has 1 aliphatic heterocycles. The Morgan fingerprint density at radius 1 is 1.18 bits per heavy atom. The number of amides is 1. The molecule has 4 rings (SSSR count). The number of nitrogens with zero attached hydrogens (tertiary/aromatic N) is 4. The van der Waals surface area contributed by atoms with Gasteiger partial charge in [-0.05, 0) is 36.1 Å². The molecular formula is C21H24N4OS2. The molecule has 1 aliphatic rings. The first-order valence-corrected chi connectivity index (χ1v) is 11.3. The minimum absolute atomic E-state index is 0.194. The molecule has 0 atom stereocenters. The van der Waals surface area contributed by atoms with Gasteiger partial charge in [-0.3, -0.25) is 14.3 Å². The van der Waals surface area contributed by atoms with Gasteiger partial charge in [0.2, 0.25) is 5.91 Å². The van der Waals surface area contributed by atoms with Gasteiger partial charge in [-0.2, -0.15) is 0 Å². The summed E-state index contributed by atoms with van der Waals surface area (Å²) in [6.07, 6.45) is 3.74. The number of benzene rings is 1. The number of thiophene rings is 1. The molecule has 1 aromatic carbocycles. The molecule has 0 saturated carbocycles. The van der Waals surface area contributed by atoms with Crippen LogP contribution in [0.2, 0.25) is 0 Å². The molecule has 3 heterocycles. The normalized spacial score (nSPS) is 15.1. The number of hydrogen-bond acceptors (Lipinski definition) is 5. The van der Waals surface area contributed by atoms with Crippen molar-refractivity contribution in [3.05, 3.63) is 64.6 Å². The standard InChI is InChI=1S/C21H24N4OS2/c1-17-4-2-5-18(14-17)25-8-7-22-21(25)28-16-20(26)24-11-9-23(10-12-24)15-19-6-3-13-27-19/h2-8,13-14H,9-12,15-16H2,1H3. The Balaban J connectivity index is 1.29. The van der Waals surface area contributed by atoms with Crippen molar-refractivity contribution in [2.24, 2.45) is 0 Å². The third kappa shape index (κ3) is 4.66. The smallest absolute Gasteiger partial charge is 0.233 e. The first-order chi connectivity index (χ1) is 13.7. The third-order valence-electron chi connectivity index (χ3n) is 4.90. The van der Waals surface area contributed by atoms with E-state index in [2.05, 4.69) is 52.5 Å². The highest BCUT2D eigenvalue weighted by molar-refractivity contribution is 7.99. The zero-order valence-electron chi connectivity index (χ0n) is 16.0. The topological polar surface area (TPSA) is 41.4 Å². The van der Waals surface area contributed by atoms with Crippen LogP contribution in [0.25, 0.3) is 5.69 Å². The number of imidazole rings is 1. The predicted octanol–water partition coefficient (Wildman–Crippen LogP) is 3.68. The molecule has 1 amide bonds. The zero-order chi connectivity index (χ0) is 19.3. The van der Waals surface area contributed by atoms with E-state index in [4.69, 9.17) is 0 Å². The van der Waals surface area contributed by atoms with Crippen LogP contribution in [0.1, 0.15) is 10.4 Å². The second kappa shape index (κ2) is 8.94. The van der Waals surface area contributed by atoms with Crippen LogP contribution < -0.4 is 0 Å². The molecule has 0 unspecified atom stereocenters. The van der Waals surface area contributed by atoms with Crippen LogP contribution in [0.5, 0.6) is 0 Å². The Kier molecular flexibility index (Phi) is 6.14. The van der Waals surface area contributed by atoms with E-state index in [0.29, 0.717) is 5.75 Å². The second-order valence-corrected chi connectivity index (χ2v) is 8.92. The van der Waals surface area contributed by atoms with Gasteiger partial charge in [-0.1, -0.05) is 30.0 Å². The van der Waals surface area contributed by atoms with Gasteiger partial charge in [0.15, 0.2) is 5.16 Å². The first-order valence-electron chi connectivity index (χ1n) is 9.45. The Bertz CT molecular complexity index is 914. The van der Waals surface area contributed by atoms with E-state index in [1.54, 1.807) is 17.5 Å². The number of aromatic nitrogens is 2. The van der Waals surface area contributed by atoms with Crippen molar-refractivity contribution >= 4 is 29.0 Å². The minimum Gasteiger partial charge on any atom is -0.339 e. The van der Waals surface area contributed by atoms with Gasteiger partial charge in [-0.25, -0.2) is 4.98 Å². The average Bonchev–Trinajstić information content (AvgIpc) is 3.38. The lowest BCUT2D eigenvalue weighted by atomic mass is 10.2. The number of piperazine rings is 1. The number of thioether (sulfide) groups is 1. The van der Waals surface area contributed by atoms with Gasteiger partial charge >= 0.3 is 0 Å². The maximum atomic E-state index is 12.7. The van der Waals surface area contributed by atoms with Crippen LogP contribution in [0.15, 0.2) is 59.3 Å². The summed E-state index contributed by atoms with van der Waals surface area (Å²) in [5.41, 5.74) is 2.29. The van der Waals surface area contributed by atoms with E-state index < -0.39 is 0 Å². The molecule has 0 bridgehead atoms. The molecule has 0 N–H and O–H groups in total.